The van der Waals surface area contributed by atoms with E-state index in [1.165, 1.54) is 6.07 Å². The minimum Gasteiger partial charge on any atom is -0.483 e. The molecule has 1 aliphatic rings. The summed E-state index contributed by atoms with van der Waals surface area (Å²) < 4.78 is 5.81. The Kier molecular flexibility index (Phi) is 7.59. The number of benzene rings is 2. The Balaban J connectivity index is 1.67. The maximum absolute atomic E-state index is 12.6. The molecule has 164 valence electrons. The van der Waals surface area contributed by atoms with Crippen LogP contribution in [0.5, 0.6) is 5.75 Å². The van der Waals surface area contributed by atoms with E-state index in [-0.39, 0.29) is 36.6 Å². The fourth-order valence-electron chi connectivity index (χ4n) is 3.75. The number of amides is 2. The second-order valence-electron chi connectivity index (χ2n) is 7.51. The maximum Gasteiger partial charge on any atom is 0.273 e. The topological polar surface area (TPSA) is 102 Å². The van der Waals surface area contributed by atoms with Crippen LogP contribution in [0.15, 0.2) is 48.5 Å². The fourth-order valence-corrected chi connectivity index (χ4v) is 3.75. The number of nitrogens with zero attached hydrogens (tertiary/aromatic N) is 2. The van der Waals surface area contributed by atoms with Gasteiger partial charge in [0.1, 0.15) is 5.75 Å². The lowest BCUT2D eigenvalue weighted by molar-refractivity contribution is -0.385. The molecule has 0 spiro atoms. The molecule has 1 saturated heterocycles. The quantitative estimate of drug-likeness (QED) is 0.490. The van der Waals surface area contributed by atoms with Crippen molar-refractivity contribution in [3.8, 4) is 5.75 Å². The Morgan fingerprint density at radius 3 is 2.52 bits per heavy atom. The summed E-state index contributed by atoms with van der Waals surface area (Å²) in [6.07, 6.45) is 2.55. The molecule has 2 amide bonds. The highest BCUT2D eigenvalue weighted by Crippen LogP contribution is 2.28. The monoisotopic (exact) mass is 425 g/mol. The summed E-state index contributed by atoms with van der Waals surface area (Å²) in [6, 6.07) is 13.2. The van der Waals surface area contributed by atoms with E-state index in [1.54, 1.807) is 29.2 Å². The molecule has 0 radical (unpaired) electrons. The van der Waals surface area contributed by atoms with Gasteiger partial charge in [0.05, 0.1) is 17.4 Å². The lowest BCUT2D eigenvalue weighted by atomic mass is 10.0. The zero-order valence-electron chi connectivity index (χ0n) is 17.6. The molecule has 8 nitrogen and oxygen atoms in total. The van der Waals surface area contributed by atoms with E-state index in [2.05, 4.69) is 5.32 Å². The molecule has 1 unspecified atom stereocenters. The van der Waals surface area contributed by atoms with Gasteiger partial charge in [-0.1, -0.05) is 43.3 Å². The van der Waals surface area contributed by atoms with Gasteiger partial charge in [0.2, 0.25) is 5.91 Å². The van der Waals surface area contributed by atoms with Crippen LogP contribution in [-0.2, 0) is 16.0 Å². The van der Waals surface area contributed by atoms with Crippen molar-refractivity contribution in [2.24, 2.45) is 0 Å². The van der Waals surface area contributed by atoms with E-state index in [0.29, 0.717) is 17.7 Å². The van der Waals surface area contributed by atoms with Crippen LogP contribution in [0.25, 0.3) is 0 Å². The number of carbonyl (C=O) groups excluding carboxylic acids is 2. The van der Waals surface area contributed by atoms with E-state index < -0.39 is 4.92 Å². The first-order valence-corrected chi connectivity index (χ1v) is 10.5. The van der Waals surface area contributed by atoms with Crippen molar-refractivity contribution in [3.63, 3.8) is 0 Å². The first-order chi connectivity index (χ1) is 15.0. The minimum absolute atomic E-state index is 0.0409. The summed E-state index contributed by atoms with van der Waals surface area (Å²) in [4.78, 5) is 37.5. The molecule has 1 atom stereocenters. The van der Waals surface area contributed by atoms with Gasteiger partial charge in [-0.05, 0) is 25.3 Å². The van der Waals surface area contributed by atoms with Crippen molar-refractivity contribution in [3.05, 3.63) is 69.8 Å². The Hall–Kier alpha value is -3.42. The average molecular weight is 425 g/mol. The van der Waals surface area contributed by atoms with Crippen LogP contribution in [-0.4, -0.2) is 41.3 Å². The number of likely N-dealkylation sites (tertiary alicyclic amines) is 1. The van der Waals surface area contributed by atoms with Crippen molar-refractivity contribution in [1.82, 2.24) is 10.2 Å². The average Bonchev–Trinajstić information content (AvgIpc) is 3.31. The molecule has 1 heterocycles. The third kappa shape index (κ3) is 5.81. The van der Waals surface area contributed by atoms with Crippen LogP contribution in [0.4, 0.5) is 5.69 Å². The van der Waals surface area contributed by atoms with Crippen LogP contribution in [0.3, 0.4) is 0 Å². The fraction of sp³-hybridized carbons (Fsp3) is 0.391. The second kappa shape index (κ2) is 10.6. The van der Waals surface area contributed by atoms with E-state index >= 15 is 0 Å². The van der Waals surface area contributed by atoms with E-state index in [9.17, 15) is 19.7 Å². The number of hydrogen-bond acceptors (Lipinski definition) is 5. The molecule has 2 aromatic carbocycles. The highest BCUT2D eigenvalue weighted by atomic mass is 16.6. The molecule has 1 N–H and O–H groups in total. The molecule has 3 rings (SSSR count). The third-order valence-electron chi connectivity index (χ3n) is 5.39. The maximum atomic E-state index is 12.6. The zero-order valence-corrected chi connectivity index (χ0v) is 17.6. The van der Waals surface area contributed by atoms with Crippen molar-refractivity contribution in [1.29, 1.82) is 0 Å². The molecule has 0 saturated carbocycles. The summed E-state index contributed by atoms with van der Waals surface area (Å²) >= 11 is 0. The molecule has 1 fully saturated rings. The molecule has 8 heteroatoms. The summed E-state index contributed by atoms with van der Waals surface area (Å²) in [5.41, 5.74) is 1.06. The van der Waals surface area contributed by atoms with E-state index in [1.807, 2.05) is 25.1 Å². The number of para-hydroxylation sites is 2. The Bertz CT molecular complexity index is 940. The van der Waals surface area contributed by atoms with Crippen LogP contribution in [0, 0.1) is 10.1 Å². The molecule has 2 aromatic rings. The van der Waals surface area contributed by atoms with Crippen molar-refractivity contribution >= 4 is 17.5 Å². The summed E-state index contributed by atoms with van der Waals surface area (Å²) in [6.45, 7) is 3.42. The SMILES string of the molecule is CCC(NC(=O)Cc1ccccc1[N+](=O)[O-])c1ccccc1OCC(=O)N1CCCC1. The van der Waals surface area contributed by atoms with E-state index in [4.69, 9.17) is 4.74 Å². The number of carbonyl (C=O) groups is 2. The largest absolute Gasteiger partial charge is 0.483 e. The van der Waals surface area contributed by atoms with Gasteiger partial charge in [0, 0.05) is 30.3 Å². The lowest BCUT2D eigenvalue weighted by Crippen LogP contribution is -2.33. The number of nitro groups is 1. The number of hydrogen-bond donors (Lipinski definition) is 1. The molecule has 0 aromatic heterocycles. The lowest BCUT2D eigenvalue weighted by Gasteiger charge is -2.22. The van der Waals surface area contributed by atoms with Crippen LogP contribution in [0.2, 0.25) is 0 Å². The molecular weight excluding hydrogens is 398 g/mol. The predicted molar refractivity (Wildman–Crippen MR) is 116 cm³/mol. The van der Waals surface area contributed by atoms with Gasteiger partial charge in [-0.2, -0.15) is 0 Å². The van der Waals surface area contributed by atoms with Gasteiger partial charge >= 0.3 is 0 Å². The van der Waals surface area contributed by atoms with Crippen LogP contribution in [0.1, 0.15) is 43.4 Å². The molecule has 0 bridgehead atoms. The first kappa shape index (κ1) is 22.3. The zero-order chi connectivity index (χ0) is 22.2. The Morgan fingerprint density at radius 1 is 1.13 bits per heavy atom. The molecule has 0 aliphatic carbocycles. The highest BCUT2D eigenvalue weighted by molar-refractivity contribution is 5.80. The number of ether oxygens (including phenoxy) is 1. The van der Waals surface area contributed by atoms with E-state index in [0.717, 1.165) is 31.5 Å². The van der Waals surface area contributed by atoms with Gasteiger partial charge in [-0.15, -0.1) is 0 Å². The van der Waals surface area contributed by atoms with Gasteiger partial charge in [-0.3, -0.25) is 19.7 Å². The number of nitro benzene ring substituents is 1. The predicted octanol–water partition coefficient (Wildman–Crippen LogP) is 3.41. The molecule has 31 heavy (non-hydrogen) atoms. The number of nitrogens with one attached hydrogen (secondary N) is 1. The van der Waals surface area contributed by atoms with Crippen molar-refractivity contribution < 1.29 is 19.2 Å². The van der Waals surface area contributed by atoms with Gasteiger partial charge < -0.3 is 15.0 Å². The summed E-state index contributed by atoms with van der Waals surface area (Å²) in [5.74, 6) is 0.192. The standard InChI is InChI=1S/C23H27N3O5/c1-2-19(24-22(27)15-17-9-3-5-11-20(17)26(29)30)18-10-4-6-12-21(18)31-16-23(28)25-13-7-8-14-25/h3-6,9-12,19H,2,7-8,13-16H2,1H3,(H,24,27). The van der Waals surface area contributed by atoms with Gasteiger partial charge in [0.15, 0.2) is 6.61 Å². The number of rotatable bonds is 9. The smallest absolute Gasteiger partial charge is 0.273 e. The Morgan fingerprint density at radius 2 is 1.81 bits per heavy atom. The Labute approximate surface area is 181 Å². The van der Waals surface area contributed by atoms with Crippen LogP contribution >= 0.6 is 0 Å². The van der Waals surface area contributed by atoms with Crippen molar-refractivity contribution in [2.45, 2.75) is 38.6 Å². The molecular formula is C23H27N3O5. The summed E-state index contributed by atoms with van der Waals surface area (Å²) in [7, 11) is 0. The molecule has 1 aliphatic heterocycles. The second-order valence-corrected chi connectivity index (χ2v) is 7.51. The van der Waals surface area contributed by atoms with Gasteiger partial charge in [-0.25, -0.2) is 0 Å². The third-order valence-corrected chi connectivity index (χ3v) is 5.39. The van der Waals surface area contributed by atoms with Crippen molar-refractivity contribution in [2.75, 3.05) is 19.7 Å². The highest BCUT2D eigenvalue weighted by Gasteiger charge is 2.22. The van der Waals surface area contributed by atoms with Gasteiger partial charge in [0.25, 0.3) is 11.6 Å². The first-order valence-electron chi connectivity index (χ1n) is 10.5. The minimum atomic E-state index is -0.486. The normalized spacial score (nSPS) is 14.2. The van der Waals surface area contributed by atoms with Crippen LogP contribution < -0.4 is 10.1 Å². The summed E-state index contributed by atoms with van der Waals surface area (Å²) in [5, 5.41) is 14.1.